The van der Waals surface area contributed by atoms with Crippen molar-refractivity contribution in [1.29, 1.82) is 0 Å². The molecule has 132 valence electrons. The van der Waals surface area contributed by atoms with E-state index in [1.807, 2.05) is 0 Å². The molecule has 0 radical (unpaired) electrons. The summed E-state index contributed by atoms with van der Waals surface area (Å²) in [6, 6.07) is 11.1. The van der Waals surface area contributed by atoms with Gasteiger partial charge in [0.2, 0.25) is 0 Å². The summed E-state index contributed by atoms with van der Waals surface area (Å²) in [6.07, 6.45) is 6.62. The number of hydrogen-bond acceptors (Lipinski definition) is 2. The molecule has 0 spiro atoms. The summed E-state index contributed by atoms with van der Waals surface area (Å²) in [4.78, 5) is 5.06. The Labute approximate surface area is 151 Å². The predicted octanol–water partition coefficient (Wildman–Crippen LogP) is 3.94. The molecule has 0 amide bonds. The first-order valence-corrected chi connectivity index (χ1v) is 12.7. The molecule has 1 aliphatic rings. The van der Waals surface area contributed by atoms with Gasteiger partial charge in [0.15, 0.2) is 0 Å². The summed E-state index contributed by atoms with van der Waals surface area (Å²) in [5.41, 5.74) is 4.35. The molecular weight excluding hydrogens is 307 g/mol. The van der Waals surface area contributed by atoms with Crippen LogP contribution in [0.4, 0.5) is 0 Å². The van der Waals surface area contributed by atoms with Crippen LogP contribution < -0.4 is 5.19 Å². The highest BCUT2D eigenvalue weighted by molar-refractivity contribution is 6.94. The molecule has 24 heavy (non-hydrogen) atoms. The second-order valence-corrected chi connectivity index (χ2v) is 12.3. The third-order valence-corrected chi connectivity index (χ3v) is 8.27. The minimum atomic E-state index is -1.55. The van der Waals surface area contributed by atoms with Crippen LogP contribution in [0.25, 0.3) is 0 Å². The lowest BCUT2D eigenvalue weighted by Crippen LogP contribution is -2.46. The quantitative estimate of drug-likeness (QED) is 0.521. The summed E-state index contributed by atoms with van der Waals surface area (Å²) in [5, 5.41) is 1.54. The molecule has 1 aromatic rings. The summed E-state index contributed by atoms with van der Waals surface area (Å²) >= 11 is 0. The van der Waals surface area contributed by atoms with E-state index < -0.39 is 8.07 Å². The van der Waals surface area contributed by atoms with Crippen LogP contribution in [0.3, 0.4) is 0 Å². The first kappa shape index (κ1) is 19.5. The Kier molecular flexibility index (Phi) is 7.33. The molecule has 2 nitrogen and oxygen atoms in total. The van der Waals surface area contributed by atoms with Gasteiger partial charge in [0, 0.05) is 13.1 Å². The Bertz CT molecular complexity index is 520. The van der Waals surface area contributed by atoms with E-state index in [2.05, 4.69) is 79.8 Å². The largest absolute Gasteiger partial charge is 0.341 e. The molecule has 4 heteroatoms. The molecule has 1 aromatic carbocycles. The fourth-order valence-corrected chi connectivity index (χ4v) is 6.35. The lowest BCUT2D eigenvalue weighted by Gasteiger charge is -2.28. The fraction of sp³-hybridized carbons (Fsp3) is 0.600. The van der Waals surface area contributed by atoms with Crippen LogP contribution in [0.15, 0.2) is 41.5 Å². The van der Waals surface area contributed by atoms with E-state index in [1.165, 1.54) is 45.2 Å². The van der Waals surface area contributed by atoms with Crippen LogP contribution in [0, 0.1) is 0 Å². The maximum Gasteiger partial charge on any atom is 0.341 e. The van der Waals surface area contributed by atoms with E-state index in [0.29, 0.717) is 6.98 Å². The van der Waals surface area contributed by atoms with Gasteiger partial charge in [-0.1, -0.05) is 92.4 Å². The van der Waals surface area contributed by atoms with Crippen molar-refractivity contribution < 1.29 is 0 Å². The zero-order valence-corrected chi connectivity index (χ0v) is 17.4. The number of likely N-dealkylation sites (N-methyl/N-ethyl adjacent to an activating group) is 2. The first-order valence-electron chi connectivity index (χ1n) is 9.63. The molecule has 0 N–H and O–H groups in total. The number of rotatable bonds is 8. The lowest BCUT2D eigenvalue weighted by molar-refractivity contribution is 0.553. The molecule has 0 atom stereocenters. The average Bonchev–Trinajstić information content (AvgIpc) is 2.90. The zero-order chi connectivity index (χ0) is 17.6. The highest BCUT2D eigenvalue weighted by Gasteiger charge is 2.36. The average molecular weight is 342 g/mol. The van der Waals surface area contributed by atoms with Gasteiger partial charge < -0.3 is 9.62 Å². The van der Waals surface area contributed by atoms with E-state index in [0.717, 1.165) is 0 Å². The second kappa shape index (κ2) is 9.02. The monoisotopic (exact) mass is 342 g/mol. The molecule has 0 unspecified atom stereocenters. The predicted molar refractivity (Wildman–Crippen MR) is 111 cm³/mol. The van der Waals surface area contributed by atoms with Crippen molar-refractivity contribution in [2.45, 2.75) is 52.1 Å². The van der Waals surface area contributed by atoms with E-state index in [1.54, 1.807) is 10.7 Å². The van der Waals surface area contributed by atoms with E-state index >= 15 is 0 Å². The second-order valence-electron chi connectivity index (χ2n) is 7.95. The van der Waals surface area contributed by atoms with Crippen LogP contribution in [0.5, 0.6) is 0 Å². The molecule has 2 rings (SSSR count). The summed E-state index contributed by atoms with van der Waals surface area (Å²) in [6.45, 7) is 10.1. The molecule has 0 saturated carbocycles. The SMILES string of the molecule is CCCCCC/C(=C/[Si](C)(C)c1ccccc1)B1N(C)CCN1C. The zero-order valence-electron chi connectivity index (χ0n) is 16.4. The molecule has 1 aliphatic heterocycles. The van der Waals surface area contributed by atoms with Crippen molar-refractivity contribution >= 4 is 20.2 Å². The van der Waals surface area contributed by atoms with Gasteiger partial charge in [-0.05, 0) is 20.5 Å². The number of unbranched alkanes of at least 4 members (excludes halogenated alkanes) is 3. The van der Waals surface area contributed by atoms with Gasteiger partial charge in [0.1, 0.15) is 8.07 Å². The number of nitrogens with zero attached hydrogens (tertiary/aromatic N) is 2. The highest BCUT2D eigenvalue weighted by atomic mass is 28.3. The molecule has 1 fully saturated rings. The van der Waals surface area contributed by atoms with Crippen molar-refractivity contribution in [1.82, 2.24) is 9.62 Å². The normalized spacial score (nSPS) is 17.7. The van der Waals surface area contributed by atoms with Crippen LogP contribution in [0.2, 0.25) is 13.1 Å². The van der Waals surface area contributed by atoms with E-state index in [9.17, 15) is 0 Å². The Balaban J connectivity index is 2.23. The van der Waals surface area contributed by atoms with Crippen LogP contribution in [0.1, 0.15) is 39.0 Å². The molecule has 0 aromatic heterocycles. The molecule has 1 saturated heterocycles. The first-order chi connectivity index (χ1) is 11.5. The van der Waals surface area contributed by atoms with Crippen molar-refractivity contribution in [3.8, 4) is 0 Å². The fourth-order valence-electron chi connectivity index (χ4n) is 3.91. The van der Waals surface area contributed by atoms with Gasteiger partial charge in [-0.25, -0.2) is 0 Å². The van der Waals surface area contributed by atoms with Crippen LogP contribution in [-0.2, 0) is 0 Å². The maximum absolute atomic E-state index is 2.69. The molecule has 1 heterocycles. The van der Waals surface area contributed by atoms with Gasteiger partial charge in [-0.15, -0.1) is 0 Å². The van der Waals surface area contributed by atoms with Gasteiger partial charge in [0.25, 0.3) is 0 Å². The third kappa shape index (κ3) is 5.08. The van der Waals surface area contributed by atoms with Gasteiger partial charge in [-0.3, -0.25) is 0 Å². The maximum atomic E-state index is 2.69. The van der Waals surface area contributed by atoms with E-state index in [4.69, 9.17) is 0 Å². The summed E-state index contributed by atoms with van der Waals surface area (Å²) in [7, 11) is 3.01. The minimum Gasteiger partial charge on any atom is -0.326 e. The molecular formula is C20H35BN2Si. The molecule has 0 bridgehead atoms. The lowest BCUT2D eigenvalue weighted by atomic mass is 9.64. The van der Waals surface area contributed by atoms with Crippen LogP contribution in [-0.4, -0.2) is 51.9 Å². The van der Waals surface area contributed by atoms with Crippen molar-refractivity contribution in [2.24, 2.45) is 0 Å². The molecule has 0 aliphatic carbocycles. The standard InChI is InChI=1S/C20H35BN2Si/c1-6-7-8-10-13-19(21-22(2)16-17-23(21)3)18-24(4,5)20-14-11-9-12-15-20/h9,11-12,14-15,18H,6-8,10,13,16-17H2,1-5H3/b19-18-. The smallest absolute Gasteiger partial charge is 0.326 e. The Morgan fingerprint density at radius 1 is 1.04 bits per heavy atom. The van der Waals surface area contributed by atoms with Crippen LogP contribution >= 0.6 is 0 Å². The minimum absolute atomic E-state index is 0.502. The summed E-state index contributed by atoms with van der Waals surface area (Å²) < 4.78 is 0. The van der Waals surface area contributed by atoms with Gasteiger partial charge in [-0.2, -0.15) is 0 Å². The number of hydrogen-bond donors (Lipinski definition) is 0. The van der Waals surface area contributed by atoms with Crippen molar-refractivity contribution in [2.75, 3.05) is 27.2 Å². The van der Waals surface area contributed by atoms with Crippen molar-refractivity contribution in [3.63, 3.8) is 0 Å². The Morgan fingerprint density at radius 2 is 1.67 bits per heavy atom. The van der Waals surface area contributed by atoms with Crippen molar-refractivity contribution in [3.05, 3.63) is 41.5 Å². The topological polar surface area (TPSA) is 6.48 Å². The van der Waals surface area contributed by atoms with Gasteiger partial charge in [0.05, 0.1) is 0 Å². The Morgan fingerprint density at radius 3 is 2.25 bits per heavy atom. The van der Waals surface area contributed by atoms with E-state index in [-0.39, 0.29) is 0 Å². The summed E-state index contributed by atoms with van der Waals surface area (Å²) in [5.74, 6) is 0. The van der Waals surface area contributed by atoms with Gasteiger partial charge >= 0.3 is 6.98 Å². The Hall–Kier alpha value is -0.838. The number of benzene rings is 1. The third-order valence-electron chi connectivity index (χ3n) is 5.36. The number of allylic oxidation sites excluding steroid dienone is 1. The highest BCUT2D eigenvalue weighted by Crippen LogP contribution is 2.23.